The summed E-state index contributed by atoms with van der Waals surface area (Å²) < 4.78 is 5.08. The molecule has 1 aromatic carbocycles. The highest BCUT2D eigenvalue weighted by molar-refractivity contribution is 5.78. The Morgan fingerprint density at radius 1 is 1.37 bits per heavy atom. The van der Waals surface area contributed by atoms with Crippen LogP contribution in [0.5, 0.6) is 5.75 Å². The van der Waals surface area contributed by atoms with Gasteiger partial charge in [0.2, 0.25) is 5.91 Å². The smallest absolute Gasteiger partial charge is 0.227 e. The summed E-state index contributed by atoms with van der Waals surface area (Å²) in [6.45, 7) is 0.426. The van der Waals surface area contributed by atoms with Gasteiger partial charge in [-0.3, -0.25) is 9.89 Å². The summed E-state index contributed by atoms with van der Waals surface area (Å²) in [6.07, 6.45) is 1.78. The van der Waals surface area contributed by atoms with Crippen LogP contribution in [0.4, 0.5) is 0 Å². The van der Waals surface area contributed by atoms with Crippen molar-refractivity contribution in [3.05, 3.63) is 42.0 Å². The summed E-state index contributed by atoms with van der Waals surface area (Å²) in [5, 5.41) is 6.48. The summed E-state index contributed by atoms with van der Waals surface area (Å²) in [6, 6.07) is 7.47. The molecule has 0 bridgehead atoms. The number of amides is 1. The van der Waals surface area contributed by atoms with E-state index in [1.165, 1.54) is 6.33 Å². The van der Waals surface area contributed by atoms with Gasteiger partial charge in [0.15, 0.2) is 0 Å². The number of hydrogen-bond acceptors (Lipinski definition) is 4. The molecule has 0 spiro atoms. The summed E-state index contributed by atoms with van der Waals surface area (Å²) in [7, 11) is 3.36. The lowest BCUT2D eigenvalue weighted by Gasteiger charge is -2.15. The van der Waals surface area contributed by atoms with Gasteiger partial charge in [0.25, 0.3) is 0 Å². The van der Waals surface area contributed by atoms with E-state index in [2.05, 4.69) is 15.2 Å². The zero-order chi connectivity index (χ0) is 13.7. The van der Waals surface area contributed by atoms with E-state index in [9.17, 15) is 4.79 Å². The number of nitrogens with one attached hydrogen (secondary N) is 1. The molecule has 0 aliphatic heterocycles. The Labute approximate surface area is 111 Å². The molecule has 1 heterocycles. The van der Waals surface area contributed by atoms with Gasteiger partial charge in [-0.05, 0) is 17.7 Å². The number of likely N-dealkylation sites (N-methyl/N-ethyl adjacent to an activating group) is 1. The van der Waals surface area contributed by atoms with Crippen molar-refractivity contribution in [3.8, 4) is 5.75 Å². The third kappa shape index (κ3) is 3.54. The first kappa shape index (κ1) is 13.1. The van der Waals surface area contributed by atoms with E-state index in [1.807, 2.05) is 24.3 Å². The van der Waals surface area contributed by atoms with Crippen molar-refractivity contribution >= 4 is 5.91 Å². The first-order valence-electron chi connectivity index (χ1n) is 5.90. The molecule has 0 fully saturated rings. The quantitative estimate of drug-likeness (QED) is 0.871. The van der Waals surface area contributed by atoms with Crippen molar-refractivity contribution in [1.29, 1.82) is 0 Å². The van der Waals surface area contributed by atoms with E-state index in [0.29, 0.717) is 18.8 Å². The Balaban J connectivity index is 1.92. The Kier molecular flexibility index (Phi) is 4.12. The maximum absolute atomic E-state index is 12.0. The molecule has 1 N–H and O–H groups in total. The van der Waals surface area contributed by atoms with Crippen LogP contribution in [0.2, 0.25) is 0 Å². The molecule has 100 valence electrons. The van der Waals surface area contributed by atoms with Gasteiger partial charge >= 0.3 is 0 Å². The molecule has 2 rings (SSSR count). The predicted octanol–water partition coefficient (Wildman–Crippen LogP) is 1.01. The molecule has 1 amide bonds. The number of aromatic nitrogens is 3. The monoisotopic (exact) mass is 260 g/mol. The van der Waals surface area contributed by atoms with Crippen LogP contribution in [0.25, 0.3) is 0 Å². The average molecular weight is 260 g/mol. The normalized spacial score (nSPS) is 10.2. The second kappa shape index (κ2) is 5.99. The topological polar surface area (TPSA) is 71.1 Å². The summed E-state index contributed by atoms with van der Waals surface area (Å²) in [5.41, 5.74) is 0.954. The lowest BCUT2D eigenvalue weighted by Crippen LogP contribution is -2.28. The molecule has 6 heteroatoms. The van der Waals surface area contributed by atoms with Gasteiger partial charge in [0, 0.05) is 7.05 Å². The Morgan fingerprint density at radius 3 is 2.68 bits per heavy atom. The Morgan fingerprint density at radius 2 is 2.11 bits per heavy atom. The number of H-pyrrole nitrogens is 1. The fourth-order valence-electron chi connectivity index (χ4n) is 1.67. The number of hydrogen-bond donors (Lipinski definition) is 1. The van der Waals surface area contributed by atoms with Crippen LogP contribution >= 0.6 is 0 Å². The summed E-state index contributed by atoms with van der Waals surface area (Å²) in [5.74, 6) is 1.48. The largest absolute Gasteiger partial charge is 0.497 e. The van der Waals surface area contributed by atoms with Crippen LogP contribution in [-0.4, -0.2) is 40.1 Å². The van der Waals surface area contributed by atoms with Crippen molar-refractivity contribution in [3.63, 3.8) is 0 Å². The fraction of sp³-hybridized carbons (Fsp3) is 0.308. The van der Waals surface area contributed by atoms with Crippen LogP contribution in [0, 0.1) is 0 Å². The molecule has 19 heavy (non-hydrogen) atoms. The number of carbonyl (C=O) groups is 1. The number of nitrogens with zero attached hydrogens (tertiary/aromatic N) is 3. The number of rotatable bonds is 5. The van der Waals surface area contributed by atoms with Gasteiger partial charge in [-0.1, -0.05) is 12.1 Å². The lowest BCUT2D eigenvalue weighted by atomic mass is 10.1. The minimum Gasteiger partial charge on any atom is -0.497 e. The molecular formula is C13H16N4O2. The molecule has 2 aromatic rings. The van der Waals surface area contributed by atoms with E-state index >= 15 is 0 Å². The maximum atomic E-state index is 12.0. The lowest BCUT2D eigenvalue weighted by molar-refractivity contribution is -0.129. The zero-order valence-electron chi connectivity index (χ0n) is 11.0. The van der Waals surface area contributed by atoms with E-state index in [0.717, 1.165) is 11.3 Å². The summed E-state index contributed by atoms with van der Waals surface area (Å²) in [4.78, 5) is 17.6. The molecule has 1 aromatic heterocycles. The van der Waals surface area contributed by atoms with Gasteiger partial charge in [-0.2, -0.15) is 5.10 Å². The molecular weight excluding hydrogens is 244 g/mol. The van der Waals surface area contributed by atoms with Crippen LogP contribution in [-0.2, 0) is 17.8 Å². The first-order valence-corrected chi connectivity index (χ1v) is 5.90. The van der Waals surface area contributed by atoms with Crippen LogP contribution < -0.4 is 4.74 Å². The highest BCUT2D eigenvalue weighted by Crippen LogP contribution is 2.12. The van der Waals surface area contributed by atoms with E-state index < -0.39 is 0 Å². The van der Waals surface area contributed by atoms with Crippen molar-refractivity contribution in [2.75, 3.05) is 14.2 Å². The second-order valence-corrected chi connectivity index (χ2v) is 4.21. The van der Waals surface area contributed by atoms with Gasteiger partial charge in [0.1, 0.15) is 17.9 Å². The van der Waals surface area contributed by atoms with Crippen LogP contribution in [0.1, 0.15) is 11.4 Å². The van der Waals surface area contributed by atoms with Crippen LogP contribution in [0.15, 0.2) is 30.6 Å². The average Bonchev–Trinajstić information content (AvgIpc) is 2.92. The number of methoxy groups -OCH3 is 1. The van der Waals surface area contributed by atoms with Crippen molar-refractivity contribution in [1.82, 2.24) is 20.1 Å². The number of carbonyl (C=O) groups excluding carboxylic acids is 1. The highest BCUT2D eigenvalue weighted by atomic mass is 16.5. The van der Waals surface area contributed by atoms with Gasteiger partial charge in [-0.15, -0.1) is 0 Å². The second-order valence-electron chi connectivity index (χ2n) is 4.21. The molecule has 6 nitrogen and oxygen atoms in total. The number of benzene rings is 1. The predicted molar refractivity (Wildman–Crippen MR) is 69.6 cm³/mol. The summed E-state index contributed by atoms with van der Waals surface area (Å²) >= 11 is 0. The number of aromatic amines is 1. The Hall–Kier alpha value is -2.37. The van der Waals surface area contributed by atoms with Gasteiger partial charge in [-0.25, -0.2) is 4.98 Å². The molecule has 0 aliphatic carbocycles. The molecule has 0 radical (unpaired) electrons. The zero-order valence-corrected chi connectivity index (χ0v) is 11.0. The molecule has 0 aliphatic rings. The highest BCUT2D eigenvalue weighted by Gasteiger charge is 2.11. The SMILES string of the molecule is COc1ccc(CC(=O)N(C)Cc2ncn[nH]2)cc1. The Bertz CT molecular complexity index is 522. The van der Waals surface area contributed by atoms with Crippen molar-refractivity contribution in [2.24, 2.45) is 0 Å². The third-order valence-corrected chi connectivity index (χ3v) is 2.79. The molecule has 0 saturated carbocycles. The standard InChI is InChI=1S/C13H16N4O2/c1-17(8-12-14-9-15-16-12)13(18)7-10-3-5-11(19-2)6-4-10/h3-6,9H,7-8H2,1-2H3,(H,14,15,16). The molecule has 0 atom stereocenters. The molecule has 0 unspecified atom stereocenters. The van der Waals surface area contributed by atoms with E-state index in [1.54, 1.807) is 19.1 Å². The number of ether oxygens (including phenoxy) is 1. The van der Waals surface area contributed by atoms with E-state index in [4.69, 9.17) is 4.74 Å². The third-order valence-electron chi connectivity index (χ3n) is 2.79. The van der Waals surface area contributed by atoms with Crippen LogP contribution in [0.3, 0.4) is 0 Å². The molecule has 0 saturated heterocycles. The van der Waals surface area contributed by atoms with Gasteiger partial charge in [0.05, 0.1) is 20.1 Å². The van der Waals surface area contributed by atoms with E-state index in [-0.39, 0.29) is 5.91 Å². The van der Waals surface area contributed by atoms with Crippen molar-refractivity contribution < 1.29 is 9.53 Å². The minimum atomic E-state index is 0.0292. The first-order chi connectivity index (χ1) is 9.19. The van der Waals surface area contributed by atoms with Gasteiger partial charge < -0.3 is 9.64 Å². The van der Waals surface area contributed by atoms with Crippen molar-refractivity contribution in [2.45, 2.75) is 13.0 Å². The maximum Gasteiger partial charge on any atom is 0.227 e. The fourth-order valence-corrected chi connectivity index (χ4v) is 1.67. The minimum absolute atomic E-state index is 0.0292.